The number of nitrogens with zero attached hydrogens (tertiary/aromatic N) is 1. The van der Waals surface area contributed by atoms with Crippen molar-refractivity contribution in [3.8, 4) is 0 Å². The Labute approximate surface area is 108 Å². The Bertz CT molecular complexity index is 398. The predicted molar refractivity (Wildman–Crippen MR) is 66.8 cm³/mol. The van der Waals surface area contributed by atoms with Crippen LogP contribution >= 0.6 is 27.5 Å². The van der Waals surface area contributed by atoms with Gasteiger partial charge in [-0.1, -0.05) is 40.5 Å². The third-order valence-corrected chi connectivity index (χ3v) is 2.64. The number of carbonyl (C=O) groups is 1. The van der Waals surface area contributed by atoms with Gasteiger partial charge in [0, 0.05) is 18.4 Å². The van der Waals surface area contributed by atoms with Crippen LogP contribution in [0, 0.1) is 5.82 Å². The van der Waals surface area contributed by atoms with Gasteiger partial charge in [-0.25, -0.2) is 4.39 Å². The number of halogens is 3. The lowest BCUT2D eigenvalue weighted by atomic mass is 10.2. The molecule has 1 rings (SSSR count). The van der Waals surface area contributed by atoms with E-state index in [0.717, 1.165) is 0 Å². The summed E-state index contributed by atoms with van der Waals surface area (Å²) in [6, 6.07) is 4.41. The smallest absolute Gasteiger partial charge is 0.256 e. The highest BCUT2D eigenvalue weighted by Crippen LogP contribution is 2.19. The molecule has 0 aliphatic carbocycles. The van der Waals surface area contributed by atoms with Gasteiger partial charge in [-0.3, -0.25) is 4.79 Å². The van der Waals surface area contributed by atoms with Crippen molar-refractivity contribution in [2.45, 2.75) is 11.8 Å². The normalized spacial score (nSPS) is 12.3. The molecule has 0 spiro atoms. The topological polar surface area (TPSA) is 20.3 Å². The summed E-state index contributed by atoms with van der Waals surface area (Å²) < 4.78 is 13.6. The van der Waals surface area contributed by atoms with Gasteiger partial charge >= 0.3 is 0 Å². The molecule has 0 bridgehead atoms. The molecule has 16 heavy (non-hydrogen) atoms. The average Bonchev–Trinajstić information content (AvgIpc) is 2.20. The van der Waals surface area contributed by atoms with Crippen molar-refractivity contribution in [1.82, 2.24) is 4.90 Å². The first-order valence-electron chi connectivity index (χ1n) is 4.77. The molecule has 2 nitrogen and oxygen atoms in total. The van der Waals surface area contributed by atoms with Gasteiger partial charge in [0.15, 0.2) is 5.82 Å². The molecule has 0 saturated carbocycles. The summed E-state index contributed by atoms with van der Waals surface area (Å²) in [6.07, 6.45) is 0. The second-order valence-electron chi connectivity index (χ2n) is 3.57. The van der Waals surface area contributed by atoms with E-state index >= 15 is 0 Å². The number of alkyl halides is 1. The molecule has 88 valence electrons. The zero-order chi connectivity index (χ0) is 12.3. The molecular formula is C11H12BrClFNO. The molecule has 0 N–H and O–H groups in total. The highest BCUT2D eigenvalue weighted by molar-refractivity contribution is 9.09. The lowest BCUT2D eigenvalue weighted by Gasteiger charge is -2.19. The summed E-state index contributed by atoms with van der Waals surface area (Å²) in [4.78, 5) is 13.5. The largest absolute Gasteiger partial charge is 0.341 e. The monoisotopic (exact) mass is 307 g/mol. The summed E-state index contributed by atoms with van der Waals surface area (Å²) >= 11 is 8.95. The fourth-order valence-corrected chi connectivity index (χ4v) is 1.94. The first-order valence-corrected chi connectivity index (χ1v) is 6.06. The van der Waals surface area contributed by atoms with Crippen molar-refractivity contribution in [2.24, 2.45) is 0 Å². The predicted octanol–water partition coefficient (Wildman–Crippen LogP) is 3.33. The van der Waals surface area contributed by atoms with E-state index in [1.165, 1.54) is 17.0 Å². The standard InChI is InChI=1S/C11H12BrClFNO/c1-7(12)6-15(2)11(16)8-4-3-5-9(13)10(8)14/h3-5,7H,6H2,1-2H3. The van der Waals surface area contributed by atoms with Crippen LogP contribution in [-0.2, 0) is 0 Å². The van der Waals surface area contributed by atoms with Gasteiger partial charge in [-0.15, -0.1) is 0 Å². The SMILES string of the molecule is CC(Br)CN(C)C(=O)c1cccc(Cl)c1F. The van der Waals surface area contributed by atoms with E-state index in [2.05, 4.69) is 15.9 Å². The molecule has 0 heterocycles. The molecule has 5 heteroatoms. The van der Waals surface area contributed by atoms with Crippen molar-refractivity contribution in [3.05, 3.63) is 34.6 Å². The van der Waals surface area contributed by atoms with Crippen molar-refractivity contribution in [3.63, 3.8) is 0 Å². The summed E-state index contributed by atoms with van der Waals surface area (Å²) in [7, 11) is 1.63. The van der Waals surface area contributed by atoms with Gasteiger partial charge in [0.25, 0.3) is 5.91 Å². The number of amides is 1. The van der Waals surface area contributed by atoms with Crippen LogP contribution in [0.1, 0.15) is 17.3 Å². The first kappa shape index (κ1) is 13.5. The molecule has 0 saturated heterocycles. The maximum atomic E-state index is 13.6. The number of benzene rings is 1. The lowest BCUT2D eigenvalue weighted by molar-refractivity contribution is 0.0793. The average molecular weight is 309 g/mol. The van der Waals surface area contributed by atoms with E-state index in [9.17, 15) is 9.18 Å². The molecular weight excluding hydrogens is 296 g/mol. The van der Waals surface area contributed by atoms with E-state index in [0.29, 0.717) is 6.54 Å². The van der Waals surface area contributed by atoms with Crippen LogP contribution < -0.4 is 0 Å². The van der Waals surface area contributed by atoms with Crippen molar-refractivity contribution in [2.75, 3.05) is 13.6 Å². The van der Waals surface area contributed by atoms with E-state index < -0.39 is 5.82 Å². The second-order valence-corrected chi connectivity index (χ2v) is 5.54. The Kier molecular flexibility index (Phi) is 4.74. The Hall–Kier alpha value is -0.610. The van der Waals surface area contributed by atoms with Crippen LogP contribution in [0.15, 0.2) is 18.2 Å². The number of carbonyl (C=O) groups excluding carboxylic acids is 1. The molecule has 0 radical (unpaired) electrons. The fraction of sp³-hybridized carbons (Fsp3) is 0.364. The Morgan fingerprint density at radius 2 is 2.25 bits per heavy atom. The zero-order valence-electron chi connectivity index (χ0n) is 9.01. The van der Waals surface area contributed by atoms with Gasteiger partial charge < -0.3 is 4.90 Å². The summed E-state index contributed by atoms with van der Waals surface area (Å²) in [6.45, 7) is 2.42. The van der Waals surface area contributed by atoms with Crippen LogP contribution in [0.3, 0.4) is 0 Å². The molecule has 1 amide bonds. The van der Waals surface area contributed by atoms with Crippen molar-refractivity contribution >= 4 is 33.4 Å². The highest BCUT2D eigenvalue weighted by atomic mass is 79.9. The maximum absolute atomic E-state index is 13.6. The Morgan fingerprint density at radius 3 is 2.81 bits per heavy atom. The maximum Gasteiger partial charge on any atom is 0.256 e. The summed E-state index contributed by atoms with van der Waals surface area (Å²) in [5.74, 6) is -1.03. The molecule has 0 aromatic heterocycles. The van der Waals surface area contributed by atoms with Gasteiger partial charge in [0.05, 0.1) is 10.6 Å². The van der Waals surface area contributed by atoms with E-state index in [4.69, 9.17) is 11.6 Å². The quantitative estimate of drug-likeness (QED) is 0.784. The van der Waals surface area contributed by atoms with E-state index in [-0.39, 0.29) is 21.3 Å². The molecule has 1 unspecified atom stereocenters. The van der Waals surface area contributed by atoms with Crippen LogP contribution in [0.2, 0.25) is 5.02 Å². The number of hydrogen-bond donors (Lipinski definition) is 0. The van der Waals surface area contributed by atoms with Crippen LogP contribution in [0.4, 0.5) is 4.39 Å². The molecule has 0 fully saturated rings. The summed E-state index contributed by atoms with van der Waals surface area (Å²) in [5.41, 5.74) is 0.00292. The third-order valence-electron chi connectivity index (χ3n) is 2.05. The Balaban J connectivity index is 2.92. The van der Waals surface area contributed by atoms with Gasteiger partial charge in [-0.05, 0) is 12.1 Å². The van der Waals surface area contributed by atoms with E-state index in [1.54, 1.807) is 13.1 Å². The fourth-order valence-electron chi connectivity index (χ4n) is 1.33. The minimum absolute atomic E-state index is 0.00292. The summed E-state index contributed by atoms with van der Waals surface area (Å²) in [5, 5.41) is -0.0360. The minimum atomic E-state index is -0.664. The van der Waals surface area contributed by atoms with E-state index in [1.807, 2.05) is 6.92 Å². The Morgan fingerprint density at radius 1 is 1.62 bits per heavy atom. The van der Waals surface area contributed by atoms with Crippen LogP contribution in [0.5, 0.6) is 0 Å². The van der Waals surface area contributed by atoms with Gasteiger partial charge in [0.2, 0.25) is 0 Å². The van der Waals surface area contributed by atoms with Crippen LogP contribution in [0.25, 0.3) is 0 Å². The molecule has 0 aliphatic heterocycles. The zero-order valence-corrected chi connectivity index (χ0v) is 11.3. The molecule has 1 aromatic carbocycles. The third kappa shape index (κ3) is 3.19. The first-order chi connectivity index (χ1) is 7.43. The van der Waals surface area contributed by atoms with Gasteiger partial charge in [-0.2, -0.15) is 0 Å². The molecule has 0 aliphatic rings. The number of hydrogen-bond acceptors (Lipinski definition) is 1. The van der Waals surface area contributed by atoms with Crippen LogP contribution in [-0.4, -0.2) is 29.2 Å². The second kappa shape index (κ2) is 5.64. The van der Waals surface area contributed by atoms with Crippen molar-refractivity contribution < 1.29 is 9.18 Å². The van der Waals surface area contributed by atoms with Crippen molar-refractivity contribution in [1.29, 1.82) is 0 Å². The minimum Gasteiger partial charge on any atom is -0.341 e. The molecule has 1 aromatic rings. The lowest BCUT2D eigenvalue weighted by Crippen LogP contribution is -2.31. The molecule has 1 atom stereocenters. The van der Waals surface area contributed by atoms with Gasteiger partial charge in [0.1, 0.15) is 0 Å². The number of rotatable bonds is 3. The highest BCUT2D eigenvalue weighted by Gasteiger charge is 2.18.